The van der Waals surface area contributed by atoms with Crippen molar-refractivity contribution in [2.75, 3.05) is 13.4 Å². The van der Waals surface area contributed by atoms with E-state index in [1.54, 1.807) is 29.8 Å². The minimum atomic E-state index is -3.55. The molecule has 0 unspecified atom stereocenters. The van der Waals surface area contributed by atoms with Gasteiger partial charge in [0.2, 0.25) is 0 Å². The summed E-state index contributed by atoms with van der Waals surface area (Å²) in [6.07, 6.45) is 3.31. The molecule has 0 amide bonds. The van der Waals surface area contributed by atoms with E-state index in [0.29, 0.717) is 23.5 Å². The number of aromatic nitrogens is 2. The van der Waals surface area contributed by atoms with Crippen LogP contribution >= 0.6 is 0 Å². The second-order valence-corrected chi connectivity index (χ2v) is 7.31. The van der Waals surface area contributed by atoms with E-state index >= 15 is 0 Å². The normalized spacial score (nSPS) is 11.5. The highest BCUT2D eigenvalue weighted by Gasteiger charge is 2.25. The SMILES string of the molecule is CCc1c(C(=O)OC)ccc(-n2cc(C)nc2C)c1S(C)(=O)=O. The van der Waals surface area contributed by atoms with Crippen molar-refractivity contribution in [3.8, 4) is 5.69 Å². The quantitative estimate of drug-likeness (QED) is 0.800. The van der Waals surface area contributed by atoms with Gasteiger partial charge in [-0.3, -0.25) is 0 Å². The van der Waals surface area contributed by atoms with Gasteiger partial charge in [-0.05, 0) is 38.0 Å². The number of esters is 1. The van der Waals surface area contributed by atoms with Crippen molar-refractivity contribution < 1.29 is 17.9 Å². The van der Waals surface area contributed by atoms with Crippen molar-refractivity contribution in [3.63, 3.8) is 0 Å². The third-order valence-electron chi connectivity index (χ3n) is 3.63. The number of carbonyl (C=O) groups excluding carboxylic acids is 1. The number of rotatable bonds is 4. The van der Waals surface area contributed by atoms with Crippen LogP contribution in [0.5, 0.6) is 0 Å². The molecule has 2 rings (SSSR count). The first-order valence-corrected chi connectivity index (χ1v) is 9.07. The van der Waals surface area contributed by atoms with E-state index in [9.17, 15) is 13.2 Å². The Bertz CT molecular complexity index is 866. The van der Waals surface area contributed by atoms with Crippen LogP contribution in [0.3, 0.4) is 0 Å². The fourth-order valence-corrected chi connectivity index (χ4v) is 3.98. The molecule has 7 heteroatoms. The van der Waals surface area contributed by atoms with Crippen LogP contribution in [0.4, 0.5) is 0 Å². The smallest absolute Gasteiger partial charge is 0.338 e. The molecule has 0 spiro atoms. The van der Waals surface area contributed by atoms with E-state index < -0.39 is 15.8 Å². The molecule has 0 saturated heterocycles. The highest BCUT2D eigenvalue weighted by molar-refractivity contribution is 7.90. The highest BCUT2D eigenvalue weighted by atomic mass is 32.2. The van der Waals surface area contributed by atoms with Crippen LogP contribution in [0, 0.1) is 13.8 Å². The fourth-order valence-electron chi connectivity index (χ4n) is 2.73. The maximum Gasteiger partial charge on any atom is 0.338 e. The molecular formula is C16H20N2O4S. The Hall–Kier alpha value is -2.15. The summed E-state index contributed by atoms with van der Waals surface area (Å²) in [6, 6.07) is 3.22. The lowest BCUT2D eigenvalue weighted by Gasteiger charge is -2.17. The first-order valence-electron chi connectivity index (χ1n) is 7.17. The highest BCUT2D eigenvalue weighted by Crippen LogP contribution is 2.29. The molecule has 0 N–H and O–H groups in total. The molecule has 23 heavy (non-hydrogen) atoms. The molecule has 1 aromatic carbocycles. The molecule has 0 fully saturated rings. The average molecular weight is 336 g/mol. The van der Waals surface area contributed by atoms with Gasteiger partial charge >= 0.3 is 5.97 Å². The summed E-state index contributed by atoms with van der Waals surface area (Å²) in [5.41, 5.74) is 2.02. The Labute approximate surface area is 136 Å². The lowest BCUT2D eigenvalue weighted by atomic mass is 10.0. The van der Waals surface area contributed by atoms with Crippen LogP contribution in [-0.4, -0.2) is 37.3 Å². The molecule has 0 aliphatic rings. The molecule has 0 aliphatic carbocycles. The number of carbonyl (C=O) groups is 1. The lowest BCUT2D eigenvalue weighted by Crippen LogP contribution is -2.14. The monoisotopic (exact) mass is 336 g/mol. The van der Waals surface area contributed by atoms with Gasteiger partial charge in [0, 0.05) is 12.5 Å². The fraction of sp³-hybridized carbons (Fsp3) is 0.375. The predicted octanol–water partition coefficient (Wildman–Crippen LogP) is 2.24. The summed E-state index contributed by atoms with van der Waals surface area (Å²) in [6.45, 7) is 5.46. The third kappa shape index (κ3) is 3.14. The molecule has 0 radical (unpaired) electrons. The zero-order valence-corrected chi connectivity index (χ0v) is 14.7. The van der Waals surface area contributed by atoms with Crippen LogP contribution in [0.2, 0.25) is 0 Å². The molecule has 0 atom stereocenters. The molecule has 1 heterocycles. The van der Waals surface area contributed by atoms with Crippen LogP contribution in [0.15, 0.2) is 23.2 Å². The second-order valence-electron chi connectivity index (χ2n) is 5.36. The van der Waals surface area contributed by atoms with Gasteiger partial charge in [-0.25, -0.2) is 18.2 Å². The summed E-state index contributed by atoms with van der Waals surface area (Å²) in [4.78, 5) is 16.4. The van der Waals surface area contributed by atoms with Gasteiger partial charge in [0.15, 0.2) is 9.84 Å². The van der Waals surface area contributed by atoms with Crippen molar-refractivity contribution in [1.82, 2.24) is 9.55 Å². The summed E-state index contributed by atoms with van der Waals surface area (Å²) >= 11 is 0. The number of imidazole rings is 1. The minimum absolute atomic E-state index is 0.142. The Morgan fingerprint density at radius 3 is 2.39 bits per heavy atom. The molecule has 0 saturated carbocycles. The summed E-state index contributed by atoms with van der Waals surface area (Å²) in [5, 5.41) is 0. The van der Waals surface area contributed by atoms with Crippen LogP contribution in [0.1, 0.15) is 34.4 Å². The van der Waals surface area contributed by atoms with E-state index in [1.165, 1.54) is 7.11 Å². The number of hydrogen-bond acceptors (Lipinski definition) is 5. The van der Waals surface area contributed by atoms with Crippen molar-refractivity contribution >= 4 is 15.8 Å². The molecule has 124 valence electrons. The first kappa shape index (κ1) is 17.2. The van der Waals surface area contributed by atoms with Gasteiger partial charge < -0.3 is 9.30 Å². The maximum atomic E-state index is 12.4. The maximum absolute atomic E-state index is 12.4. The van der Waals surface area contributed by atoms with Gasteiger partial charge in [-0.1, -0.05) is 6.92 Å². The Kier molecular flexibility index (Phi) is 4.61. The van der Waals surface area contributed by atoms with E-state index in [4.69, 9.17) is 4.74 Å². The van der Waals surface area contributed by atoms with E-state index in [2.05, 4.69) is 4.98 Å². The van der Waals surface area contributed by atoms with Crippen LogP contribution in [-0.2, 0) is 21.0 Å². The number of aryl methyl sites for hydroxylation is 2. The largest absolute Gasteiger partial charge is 0.465 e. The molecule has 6 nitrogen and oxygen atoms in total. The van der Waals surface area contributed by atoms with Crippen molar-refractivity contribution in [1.29, 1.82) is 0 Å². The number of ether oxygens (including phenoxy) is 1. The molecule has 2 aromatic rings. The second kappa shape index (κ2) is 6.16. The standard InChI is InChI=1S/C16H20N2O4S/c1-6-12-13(16(19)22-4)7-8-14(15(12)23(5,20)21)18-9-10(2)17-11(18)3/h7-9H,6H2,1-5H3. The number of hydrogen-bond donors (Lipinski definition) is 0. The van der Waals surface area contributed by atoms with Crippen molar-refractivity contribution in [2.24, 2.45) is 0 Å². The van der Waals surface area contributed by atoms with Gasteiger partial charge in [-0.2, -0.15) is 0 Å². The van der Waals surface area contributed by atoms with Gasteiger partial charge in [0.25, 0.3) is 0 Å². The zero-order chi connectivity index (χ0) is 17.4. The number of sulfone groups is 1. The first-order chi connectivity index (χ1) is 10.7. The van der Waals surface area contributed by atoms with E-state index in [0.717, 1.165) is 11.9 Å². The van der Waals surface area contributed by atoms with Gasteiger partial charge in [0.1, 0.15) is 5.82 Å². The van der Waals surface area contributed by atoms with Gasteiger partial charge in [-0.15, -0.1) is 0 Å². The predicted molar refractivity (Wildman–Crippen MR) is 86.9 cm³/mol. The van der Waals surface area contributed by atoms with Crippen molar-refractivity contribution in [3.05, 3.63) is 41.0 Å². The van der Waals surface area contributed by atoms with Crippen LogP contribution < -0.4 is 0 Å². The summed E-state index contributed by atoms with van der Waals surface area (Å²) in [7, 11) is -2.28. The Morgan fingerprint density at radius 2 is 1.96 bits per heavy atom. The van der Waals surface area contributed by atoms with Gasteiger partial charge in [0.05, 0.1) is 29.0 Å². The topological polar surface area (TPSA) is 78.3 Å². The summed E-state index contributed by atoms with van der Waals surface area (Å²) in [5.74, 6) is 0.136. The molecular weight excluding hydrogens is 316 g/mol. The molecule has 0 bridgehead atoms. The minimum Gasteiger partial charge on any atom is -0.465 e. The summed E-state index contributed by atoms with van der Waals surface area (Å²) < 4.78 is 31.3. The average Bonchev–Trinajstić information content (AvgIpc) is 2.82. The van der Waals surface area contributed by atoms with E-state index in [1.807, 2.05) is 13.8 Å². The molecule has 0 aliphatic heterocycles. The Morgan fingerprint density at radius 1 is 1.30 bits per heavy atom. The molecule has 1 aromatic heterocycles. The van der Waals surface area contributed by atoms with E-state index in [-0.39, 0.29) is 10.5 Å². The Balaban J connectivity index is 2.89. The van der Waals surface area contributed by atoms with Crippen LogP contribution in [0.25, 0.3) is 5.69 Å². The number of nitrogens with zero attached hydrogens (tertiary/aromatic N) is 2. The lowest BCUT2D eigenvalue weighted by molar-refractivity contribution is 0.0599. The third-order valence-corrected chi connectivity index (χ3v) is 4.83. The number of methoxy groups -OCH3 is 1. The number of benzene rings is 1. The zero-order valence-electron chi connectivity index (χ0n) is 13.9. The van der Waals surface area contributed by atoms with Crippen molar-refractivity contribution in [2.45, 2.75) is 32.1 Å².